The molecule has 2 aromatic heterocycles. The molecule has 0 spiro atoms. The Balaban J connectivity index is 1.39. The van der Waals surface area contributed by atoms with Gasteiger partial charge in [0.15, 0.2) is 12.4 Å². The van der Waals surface area contributed by atoms with Crippen LogP contribution >= 0.6 is 0 Å². The first-order valence-corrected chi connectivity index (χ1v) is 12.4. The van der Waals surface area contributed by atoms with E-state index in [1.54, 1.807) is 0 Å². The normalized spacial score (nSPS) is 12.6. The molecule has 0 bridgehead atoms. The average molecular weight is 475 g/mol. The molecule has 0 unspecified atom stereocenters. The van der Waals surface area contributed by atoms with Crippen molar-refractivity contribution in [2.24, 2.45) is 0 Å². The highest BCUT2D eigenvalue weighted by Gasteiger charge is 2.29. The number of anilines is 2. The van der Waals surface area contributed by atoms with Crippen LogP contribution < -0.4 is 18.9 Å². The molecule has 0 saturated heterocycles. The number of aromatic nitrogens is 2. The fraction of sp³-hybridized carbons (Fsp3) is 0.188. The summed E-state index contributed by atoms with van der Waals surface area (Å²) in [4.78, 5) is 4.24. The van der Waals surface area contributed by atoms with Crippen LogP contribution in [0.4, 0.5) is 11.4 Å². The van der Waals surface area contributed by atoms with Crippen molar-refractivity contribution in [1.29, 1.82) is 0 Å². The lowest BCUT2D eigenvalue weighted by Crippen LogP contribution is -2.53. The molecular weight excluding hydrogens is 440 g/mol. The second-order valence-electron chi connectivity index (χ2n) is 9.72. The molecule has 0 fully saturated rings. The molecule has 1 aliphatic rings. The van der Waals surface area contributed by atoms with E-state index in [-0.39, 0.29) is 0 Å². The van der Waals surface area contributed by atoms with Gasteiger partial charge < -0.3 is 9.80 Å². The number of rotatable bonds is 6. The van der Waals surface area contributed by atoms with Crippen molar-refractivity contribution < 1.29 is 9.13 Å². The number of benzene rings is 2. The average Bonchev–Trinajstić information content (AvgIpc) is 2.91. The Hall–Kier alpha value is -4.18. The van der Waals surface area contributed by atoms with E-state index in [4.69, 9.17) is 0 Å². The van der Waals surface area contributed by atoms with Gasteiger partial charge in [-0.15, -0.1) is 0 Å². The van der Waals surface area contributed by atoms with Gasteiger partial charge >= 0.3 is 0 Å². The molecule has 4 heteroatoms. The molecule has 36 heavy (non-hydrogen) atoms. The molecule has 3 heterocycles. The lowest BCUT2D eigenvalue weighted by Gasteiger charge is -2.12. The van der Waals surface area contributed by atoms with Crippen molar-refractivity contribution in [2.45, 2.75) is 13.1 Å². The molecule has 1 aliphatic heterocycles. The maximum atomic E-state index is 2.35. The van der Waals surface area contributed by atoms with Gasteiger partial charge in [0.2, 0.25) is 13.1 Å². The van der Waals surface area contributed by atoms with E-state index in [0.29, 0.717) is 0 Å². The highest BCUT2D eigenvalue weighted by Crippen LogP contribution is 2.21. The predicted molar refractivity (Wildman–Crippen MR) is 152 cm³/mol. The topological polar surface area (TPSA) is 14.2 Å². The van der Waals surface area contributed by atoms with Gasteiger partial charge in [-0.1, -0.05) is 48.6 Å². The van der Waals surface area contributed by atoms with Crippen LogP contribution in [0.3, 0.4) is 0 Å². The minimum Gasteiger partial charge on any atom is -0.378 e. The van der Waals surface area contributed by atoms with Crippen LogP contribution in [0, 0.1) is 0 Å². The van der Waals surface area contributed by atoms with Crippen LogP contribution in [0.15, 0.2) is 85.2 Å². The van der Waals surface area contributed by atoms with Crippen molar-refractivity contribution in [3.63, 3.8) is 0 Å². The molecular formula is C32H34N4+2. The van der Waals surface area contributed by atoms with E-state index in [1.807, 2.05) is 0 Å². The maximum absolute atomic E-state index is 2.35. The molecule has 4 nitrogen and oxygen atoms in total. The third kappa shape index (κ3) is 5.23. The Bertz CT molecular complexity index is 1300. The van der Waals surface area contributed by atoms with Crippen LogP contribution in [-0.4, -0.2) is 28.2 Å². The summed E-state index contributed by atoms with van der Waals surface area (Å²) in [6, 6.07) is 26.3. The summed E-state index contributed by atoms with van der Waals surface area (Å²) >= 11 is 0. The summed E-state index contributed by atoms with van der Waals surface area (Å²) in [6.45, 7) is 1.97. The molecule has 4 aromatic rings. The van der Waals surface area contributed by atoms with Gasteiger partial charge in [-0.25, -0.2) is 0 Å². The number of hydrogen-bond acceptors (Lipinski definition) is 2. The van der Waals surface area contributed by atoms with Crippen molar-refractivity contribution in [3.8, 4) is 11.4 Å². The zero-order chi connectivity index (χ0) is 25.1. The molecule has 0 radical (unpaired) electrons. The molecule has 5 rings (SSSR count). The summed E-state index contributed by atoms with van der Waals surface area (Å²) in [7, 11) is 8.26. The van der Waals surface area contributed by atoms with Crippen LogP contribution in [0.5, 0.6) is 0 Å². The van der Waals surface area contributed by atoms with Crippen LogP contribution in [0.25, 0.3) is 35.7 Å². The Morgan fingerprint density at radius 1 is 0.500 bits per heavy atom. The zero-order valence-electron chi connectivity index (χ0n) is 21.6. The fourth-order valence-corrected chi connectivity index (χ4v) is 4.50. The smallest absolute Gasteiger partial charge is 0.278 e. The monoisotopic (exact) mass is 474 g/mol. The standard InChI is InChI=1S/C32H34N4/c1-33(2)29-13-9-25(10-14-29)5-7-27-17-19-35-21-22-36-20-18-28(24-32(36)31(35)23-27)8-6-26-11-15-30(16-12-26)34(3)4/h5-20,23-24H,21-22H2,1-4H3/q+2. The molecule has 0 atom stereocenters. The summed E-state index contributed by atoms with van der Waals surface area (Å²) in [5, 5.41) is 0. The van der Waals surface area contributed by atoms with Crippen molar-refractivity contribution >= 4 is 35.7 Å². The fourth-order valence-electron chi connectivity index (χ4n) is 4.50. The van der Waals surface area contributed by atoms with E-state index < -0.39 is 0 Å². The number of fused-ring (bicyclic) bond motifs is 3. The summed E-state index contributed by atoms with van der Waals surface area (Å²) in [5.74, 6) is 0. The molecule has 0 amide bonds. The third-order valence-corrected chi connectivity index (χ3v) is 6.72. The number of nitrogens with zero attached hydrogens (tertiary/aromatic N) is 4. The molecule has 2 aromatic carbocycles. The van der Waals surface area contributed by atoms with Crippen LogP contribution in [0.2, 0.25) is 0 Å². The SMILES string of the molecule is CN(C)c1ccc(/C=C/c2cc[n+]3c(c2)-c2cc(/C=C/c4ccc(N(C)C)cc4)cc[n+]2CC3)cc1. The van der Waals surface area contributed by atoms with Gasteiger partial charge in [0.05, 0.1) is 0 Å². The van der Waals surface area contributed by atoms with Gasteiger partial charge in [-0.3, -0.25) is 0 Å². The van der Waals surface area contributed by atoms with Crippen LogP contribution in [-0.2, 0) is 13.1 Å². The van der Waals surface area contributed by atoms with Crippen molar-refractivity contribution in [3.05, 3.63) is 107 Å². The van der Waals surface area contributed by atoms with Gasteiger partial charge in [-0.05, 0) is 46.5 Å². The molecule has 0 N–H and O–H groups in total. The lowest BCUT2D eigenvalue weighted by atomic mass is 10.1. The number of aryl methyl sites for hydroxylation is 2. The summed E-state index contributed by atoms with van der Waals surface area (Å²) in [5.41, 5.74) is 9.72. The molecule has 0 aliphatic carbocycles. The predicted octanol–water partition coefficient (Wildman–Crippen LogP) is 5.42. The third-order valence-electron chi connectivity index (χ3n) is 6.72. The Morgan fingerprint density at radius 2 is 0.861 bits per heavy atom. The Morgan fingerprint density at radius 3 is 1.22 bits per heavy atom. The Kier molecular flexibility index (Phi) is 6.68. The second kappa shape index (κ2) is 10.2. The van der Waals surface area contributed by atoms with Crippen molar-refractivity contribution in [1.82, 2.24) is 0 Å². The quantitative estimate of drug-likeness (QED) is 0.347. The summed E-state index contributed by atoms with van der Waals surface area (Å²) in [6.07, 6.45) is 13.2. The Labute approximate surface area is 214 Å². The molecule has 0 saturated carbocycles. The maximum Gasteiger partial charge on any atom is 0.278 e. The van der Waals surface area contributed by atoms with E-state index >= 15 is 0 Å². The van der Waals surface area contributed by atoms with E-state index in [1.165, 1.54) is 45.0 Å². The first kappa shape index (κ1) is 23.6. The van der Waals surface area contributed by atoms with Gasteiger partial charge in [0, 0.05) is 63.8 Å². The van der Waals surface area contributed by atoms with Gasteiger partial charge in [-0.2, -0.15) is 9.13 Å². The lowest BCUT2D eigenvalue weighted by molar-refractivity contribution is -0.794. The number of pyridine rings is 2. The van der Waals surface area contributed by atoms with Crippen LogP contribution in [0.1, 0.15) is 22.3 Å². The van der Waals surface area contributed by atoms with Gasteiger partial charge in [0.25, 0.3) is 11.4 Å². The van der Waals surface area contributed by atoms with E-state index in [2.05, 4.69) is 157 Å². The van der Waals surface area contributed by atoms with E-state index in [9.17, 15) is 0 Å². The number of hydrogen-bond donors (Lipinski definition) is 0. The highest BCUT2D eigenvalue weighted by molar-refractivity contribution is 5.73. The van der Waals surface area contributed by atoms with Crippen molar-refractivity contribution in [2.75, 3.05) is 38.0 Å². The second-order valence-corrected chi connectivity index (χ2v) is 9.72. The first-order valence-electron chi connectivity index (χ1n) is 12.4. The minimum absolute atomic E-state index is 0.983. The highest BCUT2D eigenvalue weighted by atomic mass is 15.1. The first-order chi connectivity index (χ1) is 17.5. The largest absolute Gasteiger partial charge is 0.378 e. The zero-order valence-corrected chi connectivity index (χ0v) is 21.6. The van der Waals surface area contributed by atoms with E-state index in [0.717, 1.165) is 13.1 Å². The minimum atomic E-state index is 0.983. The van der Waals surface area contributed by atoms with Gasteiger partial charge in [0.1, 0.15) is 0 Å². The molecule has 180 valence electrons. The summed E-state index contributed by atoms with van der Waals surface area (Å²) < 4.78 is 4.71.